The molecule has 0 atom stereocenters. The van der Waals surface area contributed by atoms with Gasteiger partial charge in [-0.2, -0.15) is 12.6 Å². The van der Waals surface area contributed by atoms with Crippen LogP contribution in [0.25, 0.3) is 0 Å². The molecule has 0 aliphatic carbocycles. The molecule has 2 rings (SSSR count). The van der Waals surface area contributed by atoms with Crippen molar-refractivity contribution in [1.29, 1.82) is 0 Å². The molecule has 1 fully saturated rings. The van der Waals surface area contributed by atoms with E-state index in [-0.39, 0.29) is 5.41 Å². The molecule has 1 aliphatic rings. The molecule has 1 heterocycles. The number of thiol groups is 1. The monoisotopic (exact) mass is 296 g/mol. The van der Waals surface area contributed by atoms with Gasteiger partial charge in [0.25, 0.3) is 0 Å². The molecule has 0 unspecified atom stereocenters. The van der Waals surface area contributed by atoms with Gasteiger partial charge in [0.15, 0.2) is 0 Å². The second-order valence-corrected chi connectivity index (χ2v) is 5.76. The quantitative estimate of drug-likeness (QED) is 0.784. The van der Waals surface area contributed by atoms with E-state index in [9.17, 15) is 0 Å². The minimum Gasteiger partial charge on any atom is -0.493 e. The van der Waals surface area contributed by atoms with E-state index in [1.54, 1.807) is 7.11 Å². The van der Waals surface area contributed by atoms with Crippen LogP contribution in [0.2, 0.25) is 0 Å². The summed E-state index contributed by atoms with van der Waals surface area (Å²) in [5, 5.41) is 0. The molecule has 1 aliphatic heterocycles. The lowest BCUT2D eigenvalue weighted by Crippen LogP contribution is -2.36. The maximum atomic E-state index is 5.96. The van der Waals surface area contributed by atoms with Crippen molar-refractivity contribution >= 4 is 12.6 Å². The van der Waals surface area contributed by atoms with Gasteiger partial charge >= 0.3 is 0 Å². The molecular formula is C16H24O3S. The van der Waals surface area contributed by atoms with E-state index in [1.165, 1.54) is 5.56 Å². The Morgan fingerprint density at radius 3 is 2.50 bits per heavy atom. The Kier molecular flexibility index (Phi) is 6.20. The summed E-state index contributed by atoms with van der Waals surface area (Å²) in [5.41, 5.74) is 1.44. The number of methoxy groups -OCH3 is 1. The molecule has 0 bridgehead atoms. The lowest BCUT2D eigenvalue weighted by Gasteiger charge is -2.35. The second-order valence-electron chi connectivity index (χ2n) is 5.45. The fraction of sp³-hybridized carbons (Fsp3) is 0.625. The summed E-state index contributed by atoms with van der Waals surface area (Å²) in [4.78, 5) is 0. The van der Waals surface area contributed by atoms with Crippen molar-refractivity contribution in [1.82, 2.24) is 0 Å². The fourth-order valence-corrected chi connectivity index (χ4v) is 2.77. The summed E-state index contributed by atoms with van der Waals surface area (Å²) in [6.07, 6.45) is 3.00. The van der Waals surface area contributed by atoms with Crippen LogP contribution in [0.3, 0.4) is 0 Å². The zero-order valence-corrected chi connectivity index (χ0v) is 13.0. The Hall–Kier alpha value is -0.710. The highest BCUT2D eigenvalue weighted by Gasteiger charge is 2.32. The number of ether oxygens (including phenoxy) is 3. The fourth-order valence-electron chi connectivity index (χ4n) is 2.36. The Bertz CT molecular complexity index is 385. The van der Waals surface area contributed by atoms with Crippen molar-refractivity contribution in [3.8, 4) is 5.75 Å². The van der Waals surface area contributed by atoms with Crippen LogP contribution < -0.4 is 4.74 Å². The highest BCUT2D eigenvalue weighted by molar-refractivity contribution is 7.80. The molecular weight excluding hydrogens is 272 g/mol. The summed E-state index contributed by atoms with van der Waals surface area (Å²) in [6, 6.07) is 8.28. The van der Waals surface area contributed by atoms with E-state index in [0.29, 0.717) is 0 Å². The van der Waals surface area contributed by atoms with Gasteiger partial charge in [0.05, 0.1) is 13.2 Å². The van der Waals surface area contributed by atoms with Crippen LogP contribution in [-0.4, -0.2) is 39.3 Å². The van der Waals surface area contributed by atoms with Crippen molar-refractivity contribution in [3.05, 3.63) is 29.8 Å². The average Bonchev–Trinajstić information content (AvgIpc) is 2.53. The predicted octanol–water partition coefficient (Wildman–Crippen LogP) is 2.98. The Labute approximate surface area is 127 Å². The van der Waals surface area contributed by atoms with E-state index in [1.807, 2.05) is 12.1 Å². The normalized spacial score (nSPS) is 17.9. The van der Waals surface area contributed by atoms with Crippen LogP contribution in [0.15, 0.2) is 24.3 Å². The van der Waals surface area contributed by atoms with E-state index >= 15 is 0 Å². The maximum absolute atomic E-state index is 5.96. The highest BCUT2D eigenvalue weighted by Crippen LogP contribution is 2.32. The number of hydrogen-bond acceptors (Lipinski definition) is 4. The van der Waals surface area contributed by atoms with Gasteiger partial charge < -0.3 is 14.2 Å². The summed E-state index contributed by atoms with van der Waals surface area (Å²) in [7, 11) is 1.72. The van der Waals surface area contributed by atoms with Crippen molar-refractivity contribution in [3.63, 3.8) is 0 Å². The van der Waals surface area contributed by atoms with E-state index in [2.05, 4.69) is 24.8 Å². The first-order chi connectivity index (χ1) is 9.78. The van der Waals surface area contributed by atoms with E-state index in [4.69, 9.17) is 14.2 Å². The Morgan fingerprint density at radius 1 is 1.20 bits per heavy atom. The van der Waals surface area contributed by atoms with Crippen molar-refractivity contribution in [2.75, 3.05) is 39.3 Å². The lowest BCUT2D eigenvalue weighted by atomic mass is 9.83. The zero-order chi connectivity index (χ0) is 14.3. The Morgan fingerprint density at radius 2 is 1.90 bits per heavy atom. The molecule has 0 radical (unpaired) electrons. The standard InChI is InChI=1S/C16H24O3S/c1-17-9-6-14-2-4-15(5-3-14)19-12-16(13-20)7-10-18-11-8-16/h2-5,20H,6-13H2,1H3. The van der Waals surface area contributed by atoms with Gasteiger partial charge in [-0.15, -0.1) is 0 Å². The highest BCUT2D eigenvalue weighted by atomic mass is 32.1. The van der Waals surface area contributed by atoms with E-state index < -0.39 is 0 Å². The first-order valence-electron chi connectivity index (χ1n) is 7.17. The molecule has 0 spiro atoms. The molecule has 4 heteroatoms. The molecule has 0 amide bonds. The molecule has 1 saturated heterocycles. The van der Waals surface area contributed by atoms with Gasteiger partial charge in [-0.1, -0.05) is 12.1 Å². The third kappa shape index (κ3) is 4.40. The van der Waals surface area contributed by atoms with Crippen LogP contribution in [0.5, 0.6) is 5.75 Å². The van der Waals surface area contributed by atoms with Gasteiger partial charge in [0.2, 0.25) is 0 Å². The van der Waals surface area contributed by atoms with Gasteiger partial charge in [0.1, 0.15) is 5.75 Å². The molecule has 3 nitrogen and oxygen atoms in total. The van der Waals surface area contributed by atoms with Gasteiger partial charge in [-0.05, 0) is 42.7 Å². The number of rotatable bonds is 7. The summed E-state index contributed by atoms with van der Waals surface area (Å²) < 4.78 is 16.5. The summed E-state index contributed by atoms with van der Waals surface area (Å²) >= 11 is 4.50. The zero-order valence-electron chi connectivity index (χ0n) is 12.1. The third-order valence-corrected chi connectivity index (χ3v) is 4.62. The van der Waals surface area contributed by atoms with Crippen LogP contribution in [0.1, 0.15) is 18.4 Å². The average molecular weight is 296 g/mol. The van der Waals surface area contributed by atoms with Crippen LogP contribution in [0.4, 0.5) is 0 Å². The molecule has 112 valence electrons. The third-order valence-electron chi connectivity index (χ3n) is 3.95. The van der Waals surface area contributed by atoms with Gasteiger partial charge in [-0.3, -0.25) is 0 Å². The lowest BCUT2D eigenvalue weighted by molar-refractivity contribution is 0.00310. The molecule has 0 N–H and O–H groups in total. The first kappa shape index (κ1) is 15.7. The van der Waals surface area contributed by atoms with Crippen LogP contribution >= 0.6 is 12.6 Å². The minimum atomic E-state index is 0.163. The van der Waals surface area contributed by atoms with Crippen molar-refractivity contribution < 1.29 is 14.2 Å². The SMILES string of the molecule is COCCc1ccc(OCC2(CS)CCOCC2)cc1. The minimum absolute atomic E-state index is 0.163. The van der Waals surface area contributed by atoms with Crippen molar-refractivity contribution in [2.24, 2.45) is 5.41 Å². The molecule has 0 aromatic heterocycles. The molecule has 1 aromatic rings. The van der Waals surface area contributed by atoms with E-state index in [0.717, 1.165) is 57.2 Å². The maximum Gasteiger partial charge on any atom is 0.119 e. The largest absolute Gasteiger partial charge is 0.493 e. The summed E-state index contributed by atoms with van der Waals surface area (Å²) in [5.74, 6) is 1.78. The molecule has 1 aromatic carbocycles. The predicted molar refractivity (Wildman–Crippen MR) is 83.9 cm³/mol. The smallest absolute Gasteiger partial charge is 0.119 e. The number of benzene rings is 1. The topological polar surface area (TPSA) is 27.7 Å². The molecule has 20 heavy (non-hydrogen) atoms. The van der Waals surface area contributed by atoms with Gasteiger partial charge in [-0.25, -0.2) is 0 Å². The van der Waals surface area contributed by atoms with Crippen LogP contribution in [0, 0.1) is 5.41 Å². The van der Waals surface area contributed by atoms with Gasteiger partial charge in [0, 0.05) is 25.7 Å². The second kappa shape index (κ2) is 7.91. The summed E-state index contributed by atoms with van der Waals surface area (Å²) in [6.45, 7) is 3.11. The van der Waals surface area contributed by atoms with Crippen molar-refractivity contribution in [2.45, 2.75) is 19.3 Å². The number of hydrogen-bond donors (Lipinski definition) is 1. The first-order valence-corrected chi connectivity index (χ1v) is 7.80. The van der Waals surface area contributed by atoms with Crippen LogP contribution in [-0.2, 0) is 15.9 Å². The Balaban J connectivity index is 1.86. The molecule has 0 saturated carbocycles.